The molecule has 0 bridgehead atoms. The van der Waals surface area contributed by atoms with E-state index in [2.05, 4.69) is 13.8 Å². The van der Waals surface area contributed by atoms with Crippen LogP contribution >= 0.6 is 11.6 Å². The Kier molecular flexibility index (Phi) is 3.94. The Balaban J connectivity index is 2.98. The summed E-state index contributed by atoms with van der Waals surface area (Å²) in [5.41, 5.74) is 2.37. The van der Waals surface area contributed by atoms with Crippen molar-refractivity contribution in [3.63, 3.8) is 0 Å². The van der Waals surface area contributed by atoms with E-state index < -0.39 is 0 Å². The highest BCUT2D eigenvalue weighted by Crippen LogP contribution is 2.27. The fraction of sp³-hybridized carbons (Fsp3) is 0.500. The molecule has 0 aliphatic heterocycles. The van der Waals surface area contributed by atoms with Crippen molar-refractivity contribution in [1.82, 2.24) is 0 Å². The monoisotopic (exact) mass is 214 g/mol. The van der Waals surface area contributed by atoms with E-state index in [1.165, 1.54) is 11.6 Å². The van der Waals surface area contributed by atoms with Crippen LogP contribution in [0.5, 0.6) is 0 Å². The Bertz CT molecular complexity index is 308. The first-order valence-corrected chi connectivity index (χ1v) is 5.28. The Morgan fingerprint density at radius 3 is 2.64 bits per heavy atom. The third-order valence-electron chi connectivity index (χ3n) is 2.40. The van der Waals surface area contributed by atoms with Gasteiger partial charge in [-0.05, 0) is 25.3 Å². The fourth-order valence-electron chi connectivity index (χ4n) is 1.50. The van der Waals surface area contributed by atoms with Crippen molar-refractivity contribution >= 4 is 11.6 Å². The van der Waals surface area contributed by atoms with Gasteiger partial charge in [0.15, 0.2) is 0 Å². The smallest absolute Gasteiger partial charge is 0.137 e. The van der Waals surface area contributed by atoms with Gasteiger partial charge in [0.05, 0.1) is 5.03 Å². The van der Waals surface area contributed by atoms with E-state index in [4.69, 9.17) is 11.6 Å². The summed E-state index contributed by atoms with van der Waals surface area (Å²) >= 11 is 5.79. The zero-order valence-corrected chi connectivity index (χ0v) is 9.66. The Hall–Kier alpha value is -0.560. The molecule has 0 aromatic carbocycles. The van der Waals surface area contributed by atoms with Crippen molar-refractivity contribution in [1.29, 1.82) is 0 Å². The summed E-state index contributed by atoms with van der Waals surface area (Å²) in [4.78, 5) is 0. The largest absolute Gasteiger partial charge is 0.206 e. The molecular formula is C12H16ClF. The van der Waals surface area contributed by atoms with Gasteiger partial charge in [0.25, 0.3) is 0 Å². The molecule has 2 heteroatoms. The molecule has 0 spiro atoms. The van der Waals surface area contributed by atoms with Crippen LogP contribution in [0.4, 0.5) is 4.39 Å². The van der Waals surface area contributed by atoms with E-state index >= 15 is 0 Å². The van der Waals surface area contributed by atoms with Gasteiger partial charge < -0.3 is 0 Å². The van der Waals surface area contributed by atoms with Crippen LogP contribution in [0.2, 0.25) is 0 Å². The van der Waals surface area contributed by atoms with E-state index in [1.54, 1.807) is 0 Å². The predicted molar refractivity (Wildman–Crippen MR) is 59.9 cm³/mol. The minimum atomic E-state index is -0.289. The molecule has 1 aliphatic rings. The molecule has 0 nitrogen and oxygen atoms in total. The standard InChI is InChI=1S/C12H16ClF/c1-8(2)10-4-5-11(13)12(14)7-9(3)6-10/h4,7-8H,5-6H2,1-3H3/b9-7-,10-4+,12-11-. The number of hydrogen-bond donors (Lipinski definition) is 0. The summed E-state index contributed by atoms with van der Waals surface area (Å²) in [5.74, 6) is 0.215. The van der Waals surface area contributed by atoms with Crippen molar-refractivity contribution < 1.29 is 4.39 Å². The van der Waals surface area contributed by atoms with E-state index in [0.29, 0.717) is 17.4 Å². The second kappa shape index (κ2) is 4.79. The SMILES string of the molecule is C/C1=C/C(F)=C(/Cl)C/C=C(/C(C)C)C1. The van der Waals surface area contributed by atoms with Crippen LogP contribution in [0.15, 0.2) is 34.2 Å². The van der Waals surface area contributed by atoms with Crippen molar-refractivity contribution in [3.05, 3.63) is 34.2 Å². The molecule has 0 saturated carbocycles. The van der Waals surface area contributed by atoms with Gasteiger partial charge in [-0.15, -0.1) is 0 Å². The molecule has 0 radical (unpaired) electrons. The zero-order valence-electron chi connectivity index (χ0n) is 8.90. The quantitative estimate of drug-likeness (QED) is 0.554. The van der Waals surface area contributed by atoms with E-state index in [9.17, 15) is 4.39 Å². The molecule has 1 aliphatic carbocycles. The van der Waals surface area contributed by atoms with Crippen LogP contribution in [-0.2, 0) is 0 Å². The summed E-state index contributed by atoms with van der Waals surface area (Å²) in [7, 11) is 0. The third-order valence-corrected chi connectivity index (χ3v) is 2.74. The lowest BCUT2D eigenvalue weighted by atomic mass is 9.94. The number of hydrogen-bond acceptors (Lipinski definition) is 0. The lowest BCUT2D eigenvalue weighted by molar-refractivity contribution is 0.651. The van der Waals surface area contributed by atoms with Crippen molar-refractivity contribution in [2.75, 3.05) is 0 Å². The summed E-state index contributed by atoms with van der Waals surface area (Å²) < 4.78 is 13.2. The topological polar surface area (TPSA) is 0 Å². The van der Waals surface area contributed by atoms with E-state index in [1.807, 2.05) is 13.0 Å². The van der Waals surface area contributed by atoms with Crippen LogP contribution in [0.1, 0.15) is 33.6 Å². The molecule has 0 atom stereocenters. The molecule has 0 aromatic heterocycles. The highest BCUT2D eigenvalue weighted by Gasteiger charge is 2.09. The van der Waals surface area contributed by atoms with E-state index in [0.717, 1.165) is 12.0 Å². The predicted octanol–water partition coefficient (Wildman–Crippen LogP) is 4.73. The van der Waals surface area contributed by atoms with Gasteiger partial charge in [0.1, 0.15) is 5.83 Å². The van der Waals surface area contributed by atoms with Gasteiger partial charge in [-0.25, -0.2) is 4.39 Å². The first-order valence-electron chi connectivity index (χ1n) is 4.91. The van der Waals surface area contributed by atoms with Crippen LogP contribution in [0, 0.1) is 5.92 Å². The second-order valence-electron chi connectivity index (χ2n) is 4.06. The number of rotatable bonds is 1. The van der Waals surface area contributed by atoms with Gasteiger partial charge in [-0.3, -0.25) is 0 Å². The maximum absolute atomic E-state index is 13.2. The van der Waals surface area contributed by atoms with Gasteiger partial charge in [0, 0.05) is 6.42 Å². The second-order valence-corrected chi connectivity index (χ2v) is 4.51. The van der Waals surface area contributed by atoms with Gasteiger partial charge >= 0.3 is 0 Å². The van der Waals surface area contributed by atoms with Crippen molar-refractivity contribution in [2.45, 2.75) is 33.6 Å². The van der Waals surface area contributed by atoms with Crippen LogP contribution in [0.3, 0.4) is 0 Å². The summed E-state index contributed by atoms with van der Waals surface area (Å²) in [6.07, 6.45) is 4.96. The van der Waals surface area contributed by atoms with Gasteiger partial charge in [-0.2, -0.15) is 0 Å². The average molecular weight is 215 g/mol. The van der Waals surface area contributed by atoms with E-state index in [-0.39, 0.29) is 5.83 Å². The summed E-state index contributed by atoms with van der Waals surface area (Å²) in [6.45, 7) is 6.23. The normalized spacial score (nSPS) is 31.6. The first-order chi connectivity index (χ1) is 6.50. The highest BCUT2D eigenvalue weighted by molar-refractivity contribution is 6.30. The molecular weight excluding hydrogens is 199 g/mol. The van der Waals surface area contributed by atoms with Gasteiger partial charge in [-0.1, -0.05) is 42.7 Å². The molecule has 78 valence electrons. The molecule has 0 N–H and O–H groups in total. The Labute approximate surface area is 90.1 Å². The zero-order chi connectivity index (χ0) is 10.7. The Morgan fingerprint density at radius 1 is 1.43 bits per heavy atom. The number of halogens is 2. The van der Waals surface area contributed by atoms with Crippen molar-refractivity contribution in [3.8, 4) is 0 Å². The number of allylic oxidation sites excluding steroid dienone is 6. The van der Waals surface area contributed by atoms with Crippen LogP contribution < -0.4 is 0 Å². The minimum absolute atomic E-state index is 0.289. The summed E-state index contributed by atoms with van der Waals surface area (Å²) in [6, 6.07) is 0. The average Bonchev–Trinajstić information content (AvgIpc) is 2.09. The first kappa shape index (κ1) is 11.5. The molecule has 0 unspecified atom stereocenters. The fourth-order valence-corrected chi connectivity index (χ4v) is 1.63. The van der Waals surface area contributed by atoms with Crippen molar-refractivity contribution in [2.24, 2.45) is 5.92 Å². The molecule has 0 aromatic rings. The van der Waals surface area contributed by atoms with Crippen LogP contribution in [0.25, 0.3) is 0 Å². The lowest BCUT2D eigenvalue weighted by Crippen LogP contribution is -1.97. The molecule has 14 heavy (non-hydrogen) atoms. The molecule has 0 amide bonds. The Morgan fingerprint density at radius 2 is 2.07 bits per heavy atom. The van der Waals surface area contributed by atoms with Gasteiger partial charge in [0.2, 0.25) is 0 Å². The van der Waals surface area contributed by atoms with Crippen LogP contribution in [-0.4, -0.2) is 0 Å². The minimum Gasteiger partial charge on any atom is -0.206 e. The molecule has 0 heterocycles. The molecule has 0 saturated heterocycles. The maximum Gasteiger partial charge on any atom is 0.137 e. The molecule has 1 rings (SSSR count). The third kappa shape index (κ3) is 2.98. The lowest BCUT2D eigenvalue weighted by Gasteiger charge is -2.14. The highest BCUT2D eigenvalue weighted by atomic mass is 35.5. The summed E-state index contributed by atoms with van der Waals surface area (Å²) in [5, 5.41) is 0.308. The maximum atomic E-state index is 13.2. The molecule has 0 fully saturated rings.